The van der Waals surface area contributed by atoms with Crippen LogP contribution >= 0.6 is 58.0 Å². The first-order valence-electron chi connectivity index (χ1n) is 23.8. The Labute approximate surface area is 623 Å². The fraction of sp³-hybridized carbons (Fsp3) is 0.574. The molecule has 0 unspecified atom stereocenters. The Morgan fingerprint density at radius 3 is 1.14 bits per heavy atom. The molecule has 554 valence electrons. The molecule has 0 atom stereocenters. The molecule has 0 amide bonds. The van der Waals surface area contributed by atoms with Gasteiger partial charge in [0.25, 0.3) is 19.3 Å². The molecule has 0 fully saturated rings. The Morgan fingerprint density at radius 1 is 0.604 bits per heavy atom. The first-order valence-corrected chi connectivity index (χ1v) is 25.8. The summed E-state index contributed by atoms with van der Waals surface area (Å²) < 4.78 is 237. The van der Waals surface area contributed by atoms with Gasteiger partial charge in [0, 0.05) is 32.6 Å². The molecule has 0 spiro atoms. The number of carbonyl (C=O) groups is 11. The Bertz CT molecular complexity index is 2320. The second-order valence-electron chi connectivity index (χ2n) is 13.5. The van der Waals surface area contributed by atoms with Gasteiger partial charge < -0.3 is 53.2 Å². The maximum absolute atomic E-state index is 12.1. The predicted molar refractivity (Wildman–Crippen MR) is 286 cm³/mol. The van der Waals surface area contributed by atoms with E-state index < -0.39 is 163 Å². The van der Waals surface area contributed by atoms with Crippen molar-refractivity contribution in [3.8, 4) is 0 Å². The number of Topliss-reactive ketones (excluding diaryl/α,β-unsaturated/α-hetero) is 3. The third-order valence-corrected chi connectivity index (χ3v) is 7.41. The molecule has 0 saturated carbocycles. The SMILES string of the molecule is CC(=O)OC(C)=O.CCO/C=C(\C(=O)OCC)C(=O)C(F)F.CCOC(=O)C(Cl)Cl.CCOC(=O)C(F)F.CCOC(=O)CC(=O)C(F)F.CCOC(=O)CC(=O)C(F)F.CCOC(F)(F)C(F)F.ClC=C(Cl)Cl.Cn1cc(C(=O)O)c(C(F)F)n1.FC(F)=C(F)F.[F-].[K+].[Na+].[OH-]. The number of carboxylic acid groups (broad SMARTS) is 1. The fourth-order valence-corrected chi connectivity index (χ4v) is 3.39. The molecule has 0 aliphatic heterocycles. The molecule has 96 heavy (non-hydrogen) atoms. The van der Waals surface area contributed by atoms with E-state index in [0.29, 0.717) is 12.9 Å². The third kappa shape index (κ3) is 86.0. The molecule has 1 heterocycles. The topological polar surface area (TPSA) is 330 Å². The molecule has 1 rings (SSSR count). The van der Waals surface area contributed by atoms with E-state index in [0.717, 1.165) is 16.4 Å². The largest absolute Gasteiger partial charge is 1.00 e. The molecular weight excluding hydrogens is 1530 g/mol. The molecule has 0 radical (unpaired) electrons. The summed E-state index contributed by atoms with van der Waals surface area (Å²) in [6, 6.07) is 0. The molecular formula is C47H60Cl5F19KN2NaO21. The van der Waals surface area contributed by atoms with Crippen molar-refractivity contribution in [2.45, 2.75) is 125 Å². The number of aryl methyl sites for hydroxylation is 1. The van der Waals surface area contributed by atoms with E-state index in [2.05, 4.69) is 43.0 Å². The molecule has 23 nitrogen and oxygen atoms in total. The van der Waals surface area contributed by atoms with Crippen LogP contribution in [0.25, 0.3) is 0 Å². The number of esters is 7. The first-order chi connectivity index (χ1) is 42.1. The van der Waals surface area contributed by atoms with Crippen molar-refractivity contribution < 1.29 is 266 Å². The van der Waals surface area contributed by atoms with Crippen LogP contribution in [0.2, 0.25) is 0 Å². The number of ether oxygens (including phenoxy) is 8. The normalized spacial score (nSPS) is 9.56. The Balaban J connectivity index is -0.0000000731. The van der Waals surface area contributed by atoms with Crippen molar-refractivity contribution >= 4 is 123 Å². The minimum absolute atomic E-state index is 0. The van der Waals surface area contributed by atoms with E-state index in [4.69, 9.17) is 63.1 Å². The molecule has 49 heteroatoms. The maximum Gasteiger partial charge on any atom is 1.00 e. The average molecular weight is 1590 g/mol. The standard InChI is InChI=1S/C9H12F2O4.C6H6F2N2O2.2C6H8F2O3.C4H6Cl2O2.C4H6F4O.C4H6F2O2.C4H6O3.C2HCl3.C2F4.FH.K.Na.H2O/c1-3-14-5-6(7(12)8(10)11)9(13)15-4-2;1-10-2-3(6(11)12)4(9-10)5(7)8;2*1-2-11-5(10)3-4(9)6(7)8;1-2-8-4(7)3(5)6;1-2-9-4(7,8)3(5)6;1-2-8-4(7)3(5)6;1-3(5)7-4(2)6;3-1-2(4)5;3-1(4)2(5)6;;;;/h5,8H,3-4H2,1-2H3;2,5H,1H3,(H,11,12);2*6H,2-3H2,1H3;3H,2H2,1H3;3H,2H2,1H3;3H,2H2,1H3;1-2H3;1H;;1H;;;1H2/q;;;;;;;;;;;2*+1;/p-2/b6-5-;;;;;;;;;;;;;. The predicted octanol–water partition coefficient (Wildman–Crippen LogP) is 3.38. The maximum atomic E-state index is 12.1. The van der Waals surface area contributed by atoms with Gasteiger partial charge in [-0.15, -0.1) is 0 Å². The minimum Gasteiger partial charge on any atom is -1.00 e. The smallest absolute Gasteiger partial charge is 1.00 e. The number of ketones is 3. The molecule has 0 saturated heterocycles. The quantitative estimate of drug-likeness (QED) is 0.0189. The van der Waals surface area contributed by atoms with Crippen LogP contribution in [-0.2, 0) is 92.9 Å². The van der Waals surface area contributed by atoms with E-state index in [1.807, 2.05) is 0 Å². The van der Waals surface area contributed by atoms with Crippen LogP contribution in [0.1, 0.15) is 97.6 Å². The summed E-state index contributed by atoms with van der Waals surface area (Å²) in [6.45, 7) is 13.1. The van der Waals surface area contributed by atoms with E-state index in [9.17, 15) is 132 Å². The van der Waals surface area contributed by atoms with Crippen molar-refractivity contribution in [1.82, 2.24) is 9.78 Å². The molecule has 1 aromatic rings. The molecule has 0 bridgehead atoms. The molecule has 1 aromatic heterocycles. The number of hydrogen-bond acceptors (Lipinski definition) is 21. The van der Waals surface area contributed by atoms with Gasteiger partial charge in [-0.2, -0.15) is 40.2 Å². The van der Waals surface area contributed by atoms with E-state index in [1.165, 1.54) is 55.5 Å². The van der Waals surface area contributed by atoms with Gasteiger partial charge in [-0.25, -0.2) is 63.1 Å². The number of alkyl halides is 16. The van der Waals surface area contributed by atoms with Crippen LogP contribution in [0, 0.1) is 0 Å². The number of nitrogens with zero attached hydrogens (tertiary/aromatic N) is 2. The number of carboxylic acids is 1. The van der Waals surface area contributed by atoms with Crippen molar-refractivity contribution in [3.05, 3.63) is 51.5 Å². The van der Waals surface area contributed by atoms with Crippen molar-refractivity contribution in [2.75, 3.05) is 46.2 Å². The second-order valence-corrected chi connectivity index (χ2v) is 15.8. The van der Waals surface area contributed by atoms with Gasteiger partial charge in [-0.3, -0.25) is 38.2 Å². The summed E-state index contributed by atoms with van der Waals surface area (Å²) >= 11 is 25.0. The van der Waals surface area contributed by atoms with Gasteiger partial charge >= 0.3 is 166 Å². The molecule has 2 N–H and O–H groups in total. The van der Waals surface area contributed by atoms with E-state index in [-0.39, 0.29) is 129 Å². The summed E-state index contributed by atoms with van der Waals surface area (Å²) in [6.07, 6.45) is -29.0. The van der Waals surface area contributed by atoms with Crippen LogP contribution in [-0.4, -0.2) is 175 Å². The Morgan fingerprint density at radius 2 is 0.958 bits per heavy atom. The average Bonchev–Trinajstić information content (AvgIpc) is 1.75. The second kappa shape index (κ2) is 76.6. The van der Waals surface area contributed by atoms with Crippen molar-refractivity contribution in [1.29, 1.82) is 0 Å². The van der Waals surface area contributed by atoms with Crippen molar-refractivity contribution in [3.63, 3.8) is 0 Å². The zero-order chi connectivity index (χ0) is 74.8. The van der Waals surface area contributed by atoms with Crippen LogP contribution in [0.3, 0.4) is 0 Å². The number of aromatic nitrogens is 2. The molecule has 0 aromatic carbocycles. The third-order valence-electron chi connectivity index (χ3n) is 6.39. The summed E-state index contributed by atoms with van der Waals surface area (Å²) in [4.78, 5) is 112. The molecule has 0 aliphatic rings. The minimum atomic E-state index is -4.28. The van der Waals surface area contributed by atoms with Crippen LogP contribution in [0.5, 0.6) is 0 Å². The van der Waals surface area contributed by atoms with Crippen LogP contribution in [0.15, 0.2) is 40.2 Å². The monoisotopic (exact) mass is 1590 g/mol. The number of rotatable bonds is 23. The van der Waals surface area contributed by atoms with Gasteiger partial charge in [-0.1, -0.05) is 58.0 Å². The van der Waals surface area contributed by atoms with Crippen LogP contribution in [0.4, 0.5) is 79.0 Å². The van der Waals surface area contributed by atoms with Crippen LogP contribution < -0.4 is 85.6 Å². The van der Waals surface area contributed by atoms with Gasteiger partial charge in [0.2, 0.25) is 22.2 Å². The summed E-state index contributed by atoms with van der Waals surface area (Å²) in [5.74, 6) is -11.9. The Hall–Kier alpha value is -4.12. The van der Waals surface area contributed by atoms with E-state index in [1.54, 1.807) is 13.8 Å². The summed E-state index contributed by atoms with van der Waals surface area (Å²) in [5.41, 5.74) is -0.825. The molecule has 0 aliphatic carbocycles. The number of aromatic carboxylic acids is 1. The summed E-state index contributed by atoms with van der Waals surface area (Å²) in [5, 5.41) is 11.8. The summed E-state index contributed by atoms with van der Waals surface area (Å²) in [7, 11) is 1.39. The van der Waals surface area contributed by atoms with Gasteiger partial charge in [0.15, 0.2) is 0 Å². The van der Waals surface area contributed by atoms with Gasteiger partial charge in [-0.05, 0) is 48.5 Å². The zero-order valence-corrected chi connectivity index (χ0v) is 60.7. The Kier molecular flexibility index (Phi) is 97.3. The van der Waals surface area contributed by atoms with E-state index >= 15 is 0 Å². The van der Waals surface area contributed by atoms with Gasteiger partial charge in [0.05, 0.1) is 46.2 Å². The zero-order valence-electron chi connectivity index (χ0n) is 51.8. The first kappa shape index (κ1) is 122. The number of hydrogen-bond donors (Lipinski definition) is 1. The van der Waals surface area contributed by atoms with Crippen molar-refractivity contribution in [2.24, 2.45) is 7.05 Å². The fourth-order valence-electron chi connectivity index (χ4n) is 3.26. The number of halogens is 24. The number of carbonyl (C=O) groups excluding carboxylic acids is 10. The van der Waals surface area contributed by atoms with Gasteiger partial charge in [0.1, 0.15) is 40.4 Å².